The SMILES string of the molecule is Cc1cc(NC(=O)c2ccc(F)cc2Cl)sc1C(=O)Nc1nc2c(s1)C(=O)CCC2. The van der Waals surface area contributed by atoms with Gasteiger partial charge in [-0.1, -0.05) is 22.9 Å². The lowest BCUT2D eigenvalue weighted by atomic mass is 10.0. The van der Waals surface area contributed by atoms with Gasteiger partial charge in [-0.3, -0.25) is 19.7 Å². The van der Waals surface area contributed by atoms with Gasteiger partial charge in [0.1, 0.15) is 5.82 Å². The Morgan fingerprint density at radius 3 is 2.67 bits per heavy atom. The van der Waals surface area contributed by atoms with Gasteiger partial charge in [0.25, 0.3) is 11.8 Å². The number of aryl methyl sites for hydroxylation is 2. The molecule has 1 aliphatic rings. The Bertz CT molecular complexity index is 1190. The van der Waals surface area contributed by atoms with Gasteiger partial charge >= 0.3 is 0 Å². The van der Waals surface area contributed by atoms with Gasteiger partial charge in [0.05, 0.1) is 31.0 Å². The zero-order valence-electron chi connectivity index (χ0n) is 15.7. The molecule has 0 fully saturated rings. The molecule has 0 radical (unpaired) electrons. The predicted molar refractivity (Wildman–Crippen MR) is 116 cm³/mol. The molecule has 0 aliphatic heterocycles. The third kappa shape index (κ3) is 4.14. The second kappa shape index (κ2) is 8.25. The van der Waals surface area contributed by atoms with Crippen molar-refractivity contribution >= 4 is 62.0 Å². The molecule has 2 aromatic heterocycles. The van der Waals surface area contributed by atoms with Gasteiger partial charge in [-0.25, -0.2) is 9.37 Å². The third-order valence-electron chi connectivity index (χ3n) is 4.52. The number of benzene rings is 1. The summed E-state index contributed by atoms with van der Waals surface area (Å²) in [6.07, 6.45) is 2.01. The number of halogens is 2. The van der Waals surface area contributed by atoms with E-state index in [1.54, 1.807) is 13.0 Å². The van der Waals surface area contributed by atoms with Crippen molar-refractivity contribution in [2.45, 2.75) is 26.2 Å². The molecule has 0 atom stereocenters. The molecular formula is C20H15ClFN3O3S2. The second-order valence-corrected chi connectivity index (χ2v) is 9.19. The molecule has 2 heterocycles. The van der Waals surface area contributed by atoms with E-state index >= 15 is 0 Å². The minimum atomic E-state index is -0.534. The number of nitrogens with one attached hydrogen (secondary N) is 2. The molecule has 0 saturated heterocycles. The van der Waals surface area contributed by atoms with Gasteiger partial charge in [-0.2, -0.15) is 0 Å². The van der Waals surface area contributed by atoms with E-state index in [0.717, 1.165) is 42.0 Å². The number of anilines is 2. The fourth-order valence-electron chi connectivity index (χ4n) is 3.10. The van der Waals surface area contributed by atoms with Crippen LogP contribution in [0.5, 0.6) is 0 Å². The highest BCUT2D eigenvalue weighted by Crippen LogP contribution is 2.32. The monoisotopic (exact) mass is 463 g/mol. The van der Waals surface area contributed by atoms with Gasteiger partial charge in [-0.15, -0.1) is 11.3 Å². The summed E-state index contributed by atoms with van der Waals surface area (Å²) >= 11 is 8.22. The van der Waals surface area contributed by atoms with Crippen LogP contribution < -0.4 is 10.6 Å². The summed E-state index contributed by atoms with van der Waals surface area (Å²) in [5.74, 6) is -1.34. The smallest absolute Gasteiger partial charge is 0.267 e. The van der Waals surface area contributed by atoms with E-state index < -0.39 is 11.7 Å². The Hall–Kier alpha value is -2.62. The first-order chi connectivity index (χ1) is 14.3. The maximum absolute atomic E-state index is 13.2. The highest BCUT2D eigenvalue weighted by Gasteiger charge is 2.24. The maximum Gasteiger partial charge on any atom is 0.267 e. The van der Waals surface area contributed by atoms with Crippen molar-refractivity contribution in [2.75, 3.05) is 10.6 Å². The van der Waals surface area contributed by atoms with E-state index in [2.05, 4.69) is 15.6 Å². The van der Waals surface area contributed by atoms with Crippen LogP contribution in [0.2, 0.25) is 5.02 Å². The van der Waals surface area contributed by atoms with Crippen LogP contribution in [-0.4, -0.2) is 22.6 Å². The van der Waals surface area contributed by atoms with E-state index in [9.17, 15) is 18.8 Å². The summed E-state index contributed by atoms with van der Waals surface area (Å²) in [6, 6.07) is 5.18. The number of hydrogen-bond donors (Lipinski definition) is 2. The van der Waals surface area contributed by atoms with Crippen LogP contribution in [0.25, 0.3) is 0 Å². The predicted octanol–water partition coefficient (Wildman–Crippen LogP) is 5.33. The summed E-state index contributed by atoms with van der Waals surface area (Å²) in [4.78, 5) is 42.5. The number of ketones is 1. The first kappa shape index (κ1) is 20.6. The number of thiazole rings is 1. The number of amides is 2. The first-order valence-corrected chi connectivity index (χ1v) is 11.0. The summed E-state index contributed by atoms with van der Waals surface area (Å²) in [7, 11) is 0. The van der Waals surface area contributed by atoms with Crippen LogP contribution in [0.3, 0.4) is 0 Å². The Balaban J connectivity index is 1.49. The fraction of sp³-hybridized carbons (Fsp3) is 0.200. The Morgan fingerprint density at radius 1 is 1.13 bits per heavy atom. The average molecular weight is 464 g/mol. The molecule has 30 heavy (non-hydrogen) atoms. The van der Waals surface area contributed by atoms with Crippen molar-refractivity contribution in [1.29, 1.82) is 0 Å². The van der Waals surface area contributed by atoms with E-state index in [1.165, 1.54) is 17.4 Å². The van der Waals surface area contributed by atoms with Gasteiger partial charge in [0, 0.05) is 6.42 Å². The van der Waals surface area contributed by atoms with E-state index in [0.29, 0.717) is 31.9 Å². The summed E-state index contributed by atoms with van der Waals surface area (Å²) in [6.45, 7) is 1.75. The minimum absolute atomic E-state index is 0.000952. The van der Waals surface area contributed by atoms with Crippen LogP contribution in [0, 0.1) is 12.7 Å². The topological polar surface area (TPSA) is 88.2 Å². The highest BCUT2D eigenvalue weighted by molar-refractivity contribution is 7.19. The van der Waals surface area contributed by atoms with Gasteiger partial charge in [-0.05, 0) is 49.6 Å². The molecule has 154 valence electrons. The molecule has 0 unspecified atom stereocenters. The summed E-state index contributed by atoms with van der Waals surface area (Å²) in [5.41, 5.74) is 1.54. The second-order valence-electron chi connectivity index (χ2n) is 6.73. The number of thiophene rings is 1. The van der Waals surface area contributed by atoms with Crippen molar-refractivity contribution in [1.82, 2.24) is 4.98 Å². The van der Waals surface area contributed by atoms with Crippen molar-refractivity contribution in [2.24, 2.45) is 0 Å². The van der Waals surface area contributed by atoms with Crippen LogP contribution in [-0.2, 0) is 6.42 Å². The molecular weight excluding hydrogens is 449 g/mol. The van der Waals surface area contributed by atoms with E-state index in [-0.39, 0.29) is 22.3 Å². The maximum atomic E-state index is 13.2. The number of rotatable bonds is 4. The summed E-state index contributed by atoms with van der Waals surface area (Å²) in [5, 5.41) is 6.26. The number of hydrogen-bond acceptors (Lipinski definition) is 6. The van der Waals surface area contributed by atoms with Gasteiger partial charge in [0.2, 0.25) is 0 Å². The molecule has 10 heteroatoms. The van der Waals surface area contributed by atoms with Crippen molar-refractivity contribution in [3.05, 3.63) is 61.7 Å². The number of carbonyl (C=O) groups excluding carboxylic acids is 3. The first-order valence-electron chi connectivity index (χ1n) is 9.03. The molecule has 0 spiro atoms. The molecule has 1 aliphatic carbocycles. The summed E-state index contributed by atoms with van der Waals surface area (Å²) < 4.78 is 13.2. The molecule has 4 rings (SSSR count). The highest BCUT2D eigenvalue weighted by atomic mass is 35.5. The lowest BCUT2D eigenvalue weighted by molar-refractivity contribution is 0.0974. The molecule has 2 amide bonds. The minimum Gasteiger partial charge on any atom is -0.313 e. The lowest BCUT2D eigenvalue weighted by Gasteiger charge is -2.05. The molecule has 0 saturated carbocycles. The number of nitrogens with zero attached hydrogens (tertiary/aromatic N) is 1. The average Bonchev–Trinajstić information content (AvgIpc) is 3.25. The lowest BCUT2D eigenvalue weighted by Crippen LogP contribution is -2.12. The largest absolute Gasteiger partial charge is 0.313 e. The zero-order valence-corrected chi connectivity index (χ0v) is 18.1. The Kier molecular flexibility index (Phi) is 5.68. The number of Topliss-reactive ketones (excluding diaryl/α,β-unsaturated/α-hetero) is 1. The zero-order chi connectivity index (χ0) is 21.4. The van der Waals surface area contributed by atoms with Crippen LogP contribution in [0.15, 0.2) is 24.3 Å². The molecule has 1 aromatic carbocycles. The molecule has 2 N–H and O–H groups in total. The Morgan fingerprint density at radius 2 is 1.93 bits per heavy atom. The third-order valence-corrected chi connectivity index (χ3v) is 7.04. The van der Waals surface area contributed by atoms with Gasteiger partial charge < -0.3 is 5.32 Å². The Labute approximate surface area is 184 Å². The van der Waals surface area contributed by atoms with Crippen molar-refractivity contribution in [3.63, 3.8) is 0 Å². The van der Waals surface area contributed by atoms with Gasteiger partial charge in [0.15, 0.2) is 10.9 Å². The number of fused-ring (bicyclic) bond motifs is 1. The van der Waals surface area contributed by atoms with Crippen molar-refractivity contribution in [3.8, 4) is 0 Å². The normalized spacial score (nSPS) is 13.1. The number of carbonyl (C=O) groups is 3. The molecule has 3 aromatic rings. The van der Waals surface area contributed by atoms with Crippen LogP contribution in [0.4, 0.5) is 14.5 Å². The quantitative estimate of drug-likeness (QED) is 0.547. The van der Waals surface area contributed by atoms with Crippen molar-refractivity contribution < 1.29 is 18.8 Å². The van der Waals surface area contributed by atoms with Crippen LogP contribution >= 0.6 is 34.3 Å². The van der Waals surface area contributed by atoms with Crippen LogP contribution in [0.1, 0.15) is 53.8 Å². The number of aromatic nitrogens is 1. The van der Waals surface area contributed by atoms with E-state index in [1.807, 2.05) is 0 Å². The molecule has 6 nitrogen and oxygen atoms in total. The van der Waals surface area contributed by atoms with E-state index in [4.69, 9.17) is 11.6 Å². The fourth-order valence-corrected chi connectivity index (χ4v) is 5.29. The molecule has 0 bridgehead atoms. The standard InChI is InChI=1S/C20H15ClFN3O3S2/c1-9-7-15(24-18(27)11-6-5-10(22)8-12(11)21)29-16(9)19(28)25-20-23-13-3-2-4-14(26)17(13)30-20/h5-8H,2-4H2,1H3,(H,24,27)(H,23,25,28).